The van der Waals surface area contributed by atoms with Gasteiger partial charge in [0.25, 0.3) is 0 Å². The molecule has 7 heteroatoms. The van der Waals surface area contributed by atoms with Crippen molar-refractivity contribution in [2.75, 3.05) is 13.7 Å². The molecule has 0 amide bonds. The van der Waals surface area contributed by atoms with E-state index in [1.165, 1.54) is 19.2 Å². The van der Waals surface area contributed by atoms with Crippen molar-refractivity contribution < 1.29 is 29.1 Å². The van der Waals surface area contributed by atoms with Crippen molar-refractivity contribution in [2.24, 2.45) is 0 Å². The van der Waals surface area contributed by atoms with Crippen molar-refractivity contribution in [1.29, 1.82) is 0 Å². The van der Waals surface area contributed by atoms with Gasteiger partial charge in [0.1, 0.15) is 5.75 Å². The van der Waals surface area contributed by atoms with Crippen molar-refractivity contribution in [2.45, 2.75) is 45.8 Å². The molecule has 0 saturated carbocycles. The molecule has 0 aromatic heterocycles. The number of hydrogen-bond donors (Lipinski definition) is 2. The standard InChI is InChI=1S/C16H25BO6/c1-7-22-13-9-11(14(18)21-6)8-12(10-13)17(20)23-16(4,5)15(2,3)19/h8-10,19-20H,7H2,1-6H3. The highest BCUT2D eigenvalue weighted by Crippen LogP contribution is 2.25. The zero-order valence-electron chi connectivity index (χ0n) is 14.5. The Labute approximate surface area is 137 Å². The molecule has 1 aromatic rings. The molecule has 6 nitrogen and oxygen atoms in total. The van der Waals surface area contributed by atoms with Crippen LogP contribution in [0.1, 0.15) is 45.0 Å². The molecule has 0 unspecified atom stereocenters. The minimum atomic E-state index is -1.33. The van der Waals surface area contributed by atoms with Crippen LogP contribution < -0.4 is 10.2 Å². The maximum absolute atomic E-state index is 11.7. The lowest BCUT2D eigenvalue weighted by atomic mass is 9.76. The van der Waals surface area contributed by atoms with Crippen LogP contribution in [0.3, 0.4) is 0 Å². The van der Waals surface area contributed by atoms with E-state index < -0.39 is 24.3 Å². The number of rotatable bonds is 7. The van der Waals surface area contributed by atoms with Gasteiger partial charge in [-0.3, -0.25) is 0 Å². The summed E-state index contributed by atoms with van der Waals surface area (Å²) in [5, 5.41) is 20.5. The fraction of sp³-hybridized carbons (Fsp3) is 0.562. The maximum Gasteiger partial charge on any atom is 0.491 e. The lowest BCUT2D eigenvalue weighted by molar-refractivity contribution is -0.0982. The maximum atomic E-state index is 11.7. The van der Waals surface area contributed by atoms with Gasteiger partial charge in [0, 0.05) is 0 Å². The first-order valence-corrected chi connectivity index (χ1v) is 7.46. The molecule has 0 bridgehead atoms. The van der Waals surface area contributed by atoms with E-state index in [4.69, 9.17) is 14.1 Å². The molecule has 2 N–H and O–H groups in total. The summed E-state index contributed by atoms with van der Waals surface area (Å²) in [4.78, 5) is 11.7. The van der Waals surface area contributed by atoms with Gasteiger partial charge in [0.15, 0.2) is 0 Å². The molecule has 0 radical (unpaired) electrons. The fourth-order valence-electron chi connectivity index (χ4n) is 1.74. The average Bonchev–Trinajstić information content (AvgIpc) is 2.44. The molecule has 1 aromatic carbocycles. The van der Waals surface area contributed by atoms with Gasteiger partial charge in [0.2, 0.25) is 0 Å². The van der Waals surface area contributed by atoms with Crippen LogP contribution in [0.5, 0.6) is 5.75 Å². The van der Waals surface area contributed by atoms with Gasteiger partial charge in [-0.25, -0.2) is 4.79 Å². The number of ether oxygens (including phenoxy) is 2. The second-order valence-electron chi connectivity index (χ2n) is 6.25. The van der Waals surface area contributed by atoms with Gasteiger partial charge in [-0.05, 0) is 58.3 Å². The van der Waals surface area contributed by atoms with Crippen LogP contribution in [0.25, 0.3) is 0 Å². The van der Waals surface area contributed by atoms with Crippen LogP contribution in [0.2, 0.25) is 0 Å². The van der Waals surface area contributed by atoms with E-state index >= 15 is 0 Å². The van der Waals surface area contributed by atoms with Crippen molar-refractivity contribution >= 4 is 18.6 Å². The van der Waals surface area contributed by atoms with Gasteiger partial charge < -0.3 is 24.3 Å². The first-order chi connectivity index (χ1) is 10.5. The summed E-state index contributed by atoms with van der Waals surface area (Å²) >= 11 is 0. The van der Waals surface area contributed by atoms with Gasteiger partial charge in [0.05, 0.1) is 30.5 Å². The molecule has 0 fully saturated rings. The monoisotopic (exact) mass is 324 g/mol. The van der Waals surface area contributed by atoms with E-state index in [2.05, 4.69) is 0 Å². The quantitative estimate of drug-likeness (QED) is 0.578. The predicted molar refractivity (Wildman–Crippen MR) is 88.0 cm³/mol. The summed E-state index contributed by atoms with van der Waals surface area (Å²) in [6.45, 7) is 8.76. The lowest BCUT2D eigenvalue weighted by Crippen LogP contribution is -2.53. The smallest absolute Gasteiger partial charge is 0.491 e. The summed E-state index contributed by atoms with van der Waals surface area (Å²) < 4.78 is 15.7. The average molecular weight is 324 g/mol. The van der Waals surface area contributed by atoms with Crippen molar-refractivity contribution in [3.05, 3.63) is 23.8 Å². The Morgan fingerprint density at radius 1 is 1.22 bits per heavy atom. The molecule has 0 aliphatic heterocycles. The lowest BCUT2D eigenvalue weighted by Gasteiger charge is -2.38. The number of esters is 1. The Morgan fingerprint density at radius 3 is 2.30 bits per heavy atom. The van der Waals surface area contributed by atoms with E-state index in [0.29, 0.717) is 17.8 Å². The Balaban J connectivity index is 3.14. The fourth-order valence-corrected chi connectivity index (χ4v) is 1.74. The number of benzene rings is 1. The molecular weight excluding hydrogens is 299 g/mol. The van der Waals surface area contributed by atoms with Crippen molar-refractivity contribution in [3.63, 3.8) is 0 Å². The summed E-state index contributed by atoms with van der Waals surface area (Å²) in [5.41, 5.74) is -1.60. The van der Waals surface area contributed by atoms with Gasteiger partial charge in [-0.2, -0.15) is 0 Å². The topological polar surface area (TPSA) is 85.2 Å². The highest BCUT2D eigenvalue weighted by molar-refractivity contribution is 6.60. The number of carbonyl (C=O) groups is 1. The summed E-state index contributed by atoms with van der Waals surface area (Å²) in [5.74, 6) is -0.115. The van der Waals surface area contributed by atoms with Crippen LogP contribution in [0.4, 0.5) is 0 Å². The molecule has 0 heterocycles. The first-order valence-electron chi connectivity index (χ1n) is 7.46. The second-order valence-corrected chi connectivity index (χ2v) is 6.25. The second kappa shape index (κ2) is 7.34. The zero-order chi connectivity index (χ0) is 17.8. The number of aliphatic hydroxyl groups is 1. The third kappa shape index (κ3) is 4.96. The molecule has 0 saturated heterocycles. The van der Waals surface area contributed by atoms with Crippen LogP contribution in [-0.4, -0.2) is 48.1 Å². The Kier molecular flexibility index (Phi) is 6.21. The number of carbonyl (C=O) groups excluding carboxylic acids is 1. The van der Waals surface area contributed by atoms with Crippen LogP contribution >= 0.6 is 0 Å². The largest absolute Gasteiger partial charge is 0.494 e. The molecule has 23 heavy (non-hydrogen) atoms. The Morgan fingerprint density at radius 2 is 1.83 bits per heavy atom. The van der Waals surface area contributed by atoms with Crippen molar-refractivity contribution in [1.82, 2.24) is 0 Å². The first kappa shape index (κ1) is 19.5. The Hall–Kier alpha value is -1.57. The number of methoxy groups -OCH3 is 1. The molecule has 0 aliphatic carbocycles. The van der Waals surface area contributed by atoms with Crippen LogP contribution in [0, 0.1) is 0 Å². The SMILES string of the molecule is CCOc1cc(B(O)OC(C)(C)C(C)(C)O)cc(C(=O)OC)c1. The van der Waals surface area contributed by atoms with Gasteiger partial charge in [-0.1, -0.05) is 0 Å². The third-order valence-corrected chi connectivity index (χ3v) is 3.83. The van der Waals surface area contributed by atoms with E-state index in [1.807, 2.05) is 6.92 Å². The summed E-state index contributed by atoms with van der Waals surface area (Å²) in [7, 11) is -0.0557. The summed E-state index contributed by atoms with van der Waals surface area (Å²) in [6, 6.07) is 4.59. The zero-order valence-corrected chi connectivity index (χ0v) is 14.5. The van der Waals surface area contributed by atoms with Gasteiger partial charge >= 0.3 is 13.1 Å². The van der Waals surface area contributed by atoms with Gasteiger partial charge in [-0.15, -0.1) is 0 Å². The molecule has 128 valence electrons. The third-order valence-electron chi connectivity index (χ3n) is 3.83. The normalized spacial score (nSPS) is 12.0. The molecule has 0 spiro atoms. The highest BCUT2D eigenvalue weighted by Gasteiger charge is 2.39. The number of hydrogen-bond acceptors (Lipinski definition) is 6. The van der Waals surface area contributed by atoms with E-state index in [1.54, 1.807) is 33.8 Å². The molecular formula is C16H25BO6. The summed E-state index contributed by atoms with van der Waals surface area (Å²) in [6.07, 6.45) is 0. The minimum Gasteiger partial charge on any atom is -0.494 e. The van der Waals surface area contributed by atoms with E-state index in [-0.39, 0.29) is 5.56 Å². The predicted octanol–water partition coefficient (Wildman–Crippen LogP) is 1.13. The van der Waals surface area contributed by atoms with Crippen LogP contribution in [0.15, 0.2) is 18.2 Å². The van der Waals surface area contributed by atoms with E-state index in [0.717, 1.165) is 0 Å². The molecule has 0 aliphatic rings. The molecule has 0 atom stereocenters. The van der Waals surface area contributed by atoms with E-state index in [9.17, 15) is 14.9 Å². The van der Waals surface area contributed by atoms with Crippen molar-refractivity contribution in [3.8, 4) is 5.75 Å². The molecule has 1 rings (SSSR count). The minimum absolute atomic E-state index is 0.247. The van der Waals surface area contributed by atoms with Crippen LogP contribution in [-0.2, 0) is 9.39 Å². The Bertz CT molecular complexity index is 550. The highest BCUT2D eigenvalue weighted by atomic mass is 16.5.